The summed E-state index contributed by atoms with van der Waals surface area (Å²) < 4.78 is 5.37. The Balaban J connectivity index is 2.09. The Bertz CT molecular complexity index is 352. The van der Waals surface area contributed by atoms with E-state index in [1.807, 2.05) is 6.92 Å². The highest BCUT2D eigenvalue weighted by atomic mass is 16.5. The number of H-pyrrole nitrogens is 1. The molecular weight excluding hydrogens is 210 g/mol. The number of aliphatic hydroxyl groups is 1. The molecule has 0 aromatic carbocycles. The molecule has 0 bridgehead atoms. The first kappa shape index (κ1) is 11.1. The summed E-state index contributed by atoms with van der Waals surface area (Å²) in [5.74, 6) is -0.105. The number of nitrogens with one attached hydrogen (secondary N) is 1. The third-order valence-electron chi connectivity index (χ3n) is 2.70. The first-order chi connectivity index (χ1) is 7.72. The topological polar surface area (TPSA) is 78.5 Å². The van der Waals surface area contributed by atoms with Crippen LogP contribution in [0.5, 0.6) is 0 Å². The fraction of sp³-hybridized carbons (Fsp3) is 0.600. The standard InChI is InChI=1S/C10H15N3O3/c1-7-6-16-8(5-14)4-13(7)10(15)9-2-3-11-12-9/h2-3,7-8,14H,4-6H2,1H3,(H,11,12). The van der Waals surface area contributed by atoms with Crippen molar-refractivity contribution >= 4 is 5.91 Å². The molecule has 1 aromatic heterocycles. The fourth-order valence-corrected chi connectivity index (χ4v) is 1.74. The van der Waals surface area contributed by atoms with Crippen molar-refractivity contribution in [3.63, 3.8) is 0 Å². The van der Waals surface area contributed by atoms with Crippen molar-refractivity contribution < 1.29 is 14.6 Å². The first-order valence-electron chi connectivity index (χ1n) is 5.25. The molecule has 16 heavy (non-hydrogen) atoms. The second-order valence-corrected chi connectivity index (χ2v) is 3.91. The monoisotopic (exact) mass is 225 g/mol. The van der Waals surface area contributed by atoms with Gasteiger partial charge in [0.2, 0.25) is 0 Å². The molecular formula is C10H15N3O3. The molecule has 2 rings (SSSR count). The molecule has 0 radical (unpaired) electrons. The zero-order valence-electron chi connectivity index (χ0n) is 9.09. The van der Waals surface area contributed by atoms with Crippen LogP contribution in [0.25, 0.3) is 0 Å². The van der Waals surface area contributed by atoms with Crippen LogP contribution in [0, 0.1) is 0 Å². The number of hydrogen-bond donors (Lipinski definition) is 2. The Morgan fingerprint density at radius 2 is 2.62 bits per heavy atom. The molecule has 1 saturated heterocycles. The zero-order valence-corrected chi connectivity index (χ0v) is 9.09. The van der Waals surface area contributed by atoms with Crippen LogP contribution in [0.2, 0.25) is 0 Å². The smallest absolute Gasteiger partial charge is 0.272 e. The van der Waals surface area contributed by atoms with Crippen LogP contribution < -0.4 is 0 Å². The Morgan fingerprint density at radius 3 is 3.25 bits per heavy atom. The van der Waals surface area contributed by atoms with Crippen LogP contribution in [0.4, 0.5) is 0 Å². The Labute approximate surface area is 93.2 Å². The minimum Gasteiger partial charge on any atom is -0.394 e. The maximum Gasteiger partial charge on any atom is 0.272 e. The molecule has 1 fully saturated rings. The van der Waals surface area contributed by atoms with Crippen molar-refractivity contribution in [2.45, 2.75) is 19.1 Å². The largest absolute Gasteiger partial charge is 0.394 e. The van der Waals surface area contributed by atoms with E-state index in [-0.39, 0.29) is 24.7 Å². The average molecular weight is 225 g/mol. The van der Waals surface area contributed by atoms with Crippen LogP contribution in [-0.4, -0.2) is 58.0 Å². The predicted octanol–water partition coefficient (Wildman–Crippen LogP) is -0.369. The van der Waals surface area contributed by atoms with E-state index in [4.69, 9.17) is 9.84 Å². The lowest BCUT2D eigenvalue weighted by molar-refractivity contribution is -0.0668. The number of amides is 1. The summed E-state index contributed by atoms with van der Waals surface area (Å²) in [6.45, 7) is 2.71. The Morgan fingerprint density at radius 1 is 1.81 bits per heavy atom. The summed E-state index contributed by atoms with van der Waals surface area (Å²) in [6.07, 6.45) is 1.25. The molecule has 1 amide bonds. The lowest BCUT2D eigenvalue weighted by atomic mass is 10.2. The maximum atomic E-state index is 12.1. The van der Waals surface area contributed by atoms with Gasteiger partial charge in [0.05, 0.1) is 25.4 Å². The number of morpholine rings is 1. The Hall–Kier alpha value is -1.40. The highest BCUT2D eigenvalue weighted by molar-refractivity contribution is 5.92. The van der Waals surface area contributed by atoms with Gasteiger partial charge in [-0.1, -0.05) is 0 Å². The minimum absolute atomic E-state index is 0.0126. The Kier molecular flexibility index (Phi) is 3.21. The summed E-state index contributed by atoms with van der Waals surface area (Å²) in [4.78, 5) is 13.7. The van der Waals surface area contributed by atoms with Crippen LogP contribution in [0.1, 0.15) is 17.4 Å². The third-order valence-corrected chi connectivity index (χ3v) is 2.70. The van der Waals surface area contributed by atoms with Gasteiger partial charge in [0, 0.05) is 12.7 Å². The van der Waals surface area contributed by atoms with Crippen molar-refractivity contribution in [3.05, 3.63) is 18.0 Å². The molecule has 6 nitrogen and oxygen atoms in total. The van der Waals surface area contributed by atoms with Crippen LogP contribution >= 0.6 is 0 Å². The van der Waals surface area contributed by atoms with Crippen molar-refractivity contribution in [1.29, 1.82) is 0 Å². The third kappa shape index (κ3) is 2.07. The van der Waals surface area contributed by atoms with Gasteiger partial charge in [-0.15, -0.1) is 0 Å². The number of rotatable bonds is 2. The highest BCUT2D eigenvalue weighted by Crippen LogP contribution is 2.14. The van der Waals surface area contributed by atoms with Crippen molar-refractivity contribution in [1.82, 2.24) is 15.1 Å². The van der Waals surface area contributed by atoms with Crippen LogP contribution in [0.15, 0.2) is 12.3 Å². The van der Waals surface area contributed by atoms with Gasteiger partial charge in [0.25, 0.3) is 5.91 Å². The predicted molar refractivity (Wildman–Crippen MR) is 55.9 cm³/mol. The minimum atomic E-state index is -0.289. The molecule has 2 atom stereocenters. The van der Waals surface area contributed by atoms with Crippen LogP contribution in [0.3, 0.4) is 0 Å². The number of hydrogen-bond acceptors (Lipinski definition) is 4. The molecule has 1 aromatic rings. The van der Waals surface area contributed by atoms with Crippen molar-refractivity contribution in [2.75, 3.05) is 19.8 Å². The number of carbonyl (C=O) groups is 1. The van der Waals surface area contributed by atoms with Crippen molar-refractivity contribution in [2.24, 2.45) is 0 Å². The summed E-state index contributed by atoms with van der Waals surface area (Å²) in [5.41, 5.74) is 0.463. The molecule has 2 unspecified atom stereocenters. The second-order valence-electron chi connectivity index (χ2n) is 3.91. The molecule has 1 aliphatic heterocycles. The number of nitrogens with zero attached hydrogens (tertiary/aromatic N) is 2. The van der Waals surface area contributed by atoms with E-state index in [0.29, 0.717) is 18.8 Å². The van der Waals surface area contributed by atoms with Gasteiger partial charge in [-0.2, -0.15) is 5.10 Å². The van der Waals surface area contributed by atoms with E-state index in [1.165, 1.54) is 0 Å². The van der Waals surface area contributed by atoms with Crippen molar-refractivity contribution in [3.8, 4) is 0 Å². The quantitative estimate of drug-likeness (QED) is 0.720. The number of carbonyl (C=O) groups excluding carboxylic acids is 1. The molecule has 0 saturated carbocycles. The SMILES string of the molecule is CC1COC(CO)CN1C(=O)c1ccn[nH]1. The lowest BCUT2D eigenvalue weighted by Gasteiger charge is -2.37. The van der Waals surface area contributed by atoms with Gasteiger partial charge in [-0.05, 0) is 13.0 Å². The normalized spacial score (nSPS) is 25.8. The number of aliphatic hydroxyl groups excluding tert-OH is 1. The molecule has 1 aliphatic rings. The van der Waals surface area contributed by atoms with Gasteiger partial charge in [-0.25, -0.2) is 0 Å². The van der Waals surface area contributed by atoms with E-state index in [9.17, 15) is 4.79 Å². The molecule has 88 valence electrons. The summed E-state index contributed by atoms with van der Waals surface area (Å²) in [6, 6.07) is 1.65. The van der Waals surface area contributed by atoms with Gasteiger partial charge in [0.1, 0.15) is 5.69 Å². The molecule has 0 aliphatic carbocycles. The fourth-order valence-electron chi connectivity index (χ4n) is 1.74. The van der Waals surface area contributed by atoms with E-state index in [1.54, 1.807) is 17.2 Å². The number of aromatic amines is 1. The highest BCUT2D eigenvalue weighted by Gasteiger charge is 2.30. The van der Waals surface area contributed by atoms with E-state index in [2.05, 4.69) is 10.2 Å². The molecule has 6 heteroatoms. The summed E-state index contributed by atoms with van der Waals surface area (Å²) >= 11 is 0. The van der Waals surface area contributed by atoms with Gasteiger partial charge in [-0.3, -0.25) is 9.89 Å². The zero-order chi connectivity index (χ0) is 11.5. The van der Waals surface area contributed by atoms with E-state index < -0.39 is 0 Å². The van der Waals surface area contributed by atoms with E-state index in [0.717, 1.165) is 0 Å². The first-order valence-corrected chi connectivity index (χ1v) is 5.25. The molecule has 2 heterocycles. The second kappa shape index (κ2) is 4.63. The van der Waals surface area contributed by atoms with Gasteiger partial charge >= 0.3 is 0 Å². The van der Waals surface area contributed by atoms with Crippen LogP contribution in [-0.2, 0) is 4.74 Å². The number of aromatic nitrogens is 2. The van der Waals surface area contributed by atoms with Gasteiger partial charge < -0.3 is 14.7 Å². The summed E-state index contributed by atoms with van der Waals surface area (Å²) in [7, 11) is 0. The maximum absolute atomic E-state index is 12.1. The average Bonchev–Trinajstić information content (AvgIpc) is 2.82. The number of ether oxygens (including phenoxy) is 1. The van der Waals surface area contributed by atoms with Gasteiger partial charge in [0.15, 0.2) is 0 Å². The molecule has 0 spiro atoms. The molecule has 2 N–H and O–H groups in total. The summed E-state index contributed by atoms with van der Waals surface area (Å²) in [5, 5.41) is 15.4. The van der Waals surface area contributed by atoms with E-state index >= 15 is 0 Å². The lowest BCUT2D eigenvalue weighted by Crippen LogP contribution is -2.52.